The van der Waals surface area contributed by atoms with Gasteiger partial charge >= 0.3 is 0 Å². The Labute approximate surface area is 146 Å². The van der Waals surface area contributed by atoms with Gasteiger partial charge in [-0.15, -0.1) is 0 Å². The lowest BCUT2D eigenvalue weighted by molar-refractivity contribution is -0.121. The summed E-state index contributed by atoms with van der Waals surface area (Å²) in [6, 6.07) is 11.1. The van der Waals surface area contributed by atoms with Gasteiger partial charge in [-0.1, -0.05) is 12.1 Å². The summed E-state index contributed by atoms with van der Waals surface area (Å²) in [6.45, 7) is 0.106. The quantitative estimate of drug-likeness (QED) is 0.838. The molecule has 2 aromatic rings. The van der Waals surface area contributed by atoms with Gasteiger partial charge in [-0.2, -0.15) is 4.31 Å². The third-order valence-electron chi connectivity index (χ3n) is 4.30. The Bertz CT molecular complexity index is 863. The minimum absolute atomic E-state index is 0.0155. The lowest BCUT2D eigenvalue weighted by atomic mass is 9.96. The Morgan fingerprint density at radius 2 is 1.72 bits per heavy atom. The van der Waals surface area contributed by atoms with Crippen LogP contribution in [0.4, 0.5) is 4.39 Å². The molecule has 1 aliphatic heterocycles. The molecule has 5 nitrogen and oxygen atoms in total. The molecule has 0 aliphatic carbocycles. The van der Waals surface area contributed by atoms with Gasteiger partial charge in [0, 0.05) is 19.4 Å². The van der Waals surface area contributed by atoms with Crippen molar-refractivity contribution in [1.82, 2.24) is 4.31 Å². The first-order valence-corrected chi connectivity index (χ1v) is 9.29. The number of hydrogen-bond donors (Lipinski definition) is 0. The van der Waals surface area contributed by atoms with Crippen LogP contribution in [0.25, 0.3) is 0 Å². The molecule has 132 valence electrons. The predicted octanol–water partition coefficient (Wildman–Crippen LogP) is 2.93. The molecule has 0 aromatic heterocycles. The summed E-state index contributed by atoms with van der Waals surface area (Å²) in [5.74, 6) is 0.171. The molecule has 1 heterocycles. The van der Waals surface area contributed by atoms with Crippen LogP contribution in [-0.4, -0.2) is 32.2 Å². The van der Waals surface area contributed by atoms with Crippen LogP contribution in [0.15, 0.2) is 53.4 Å². The standard InChI is InChI=1S/C18H18FNO4S/c1-24-16-6-2-13(3-7-16)18-12-15(21)10-11-20(18)25(22,23)17-8-4-14(19)5-9-17/h2-9,18H,10-12H2,1H3. The number of nitrogens with zero attached hydrogens (tertiary/aromatic N) is 1. The average Bonchev–Trinajstić information content (AvgIpc) is 2.62. The van der Waals surface area contributed by atoms with E-state index in [4.69, 9.17) is 4.74 Å². The van der Waals surface area contributed by atoms with Crippen molar-refractivity contribution in [1.29, 1.82) is 0 Å². The molecule has 0 saturated carbocycles. The monoisotopic (exact) mass is 363 g/mol. The number of ketones is 1. The molecule has 2 aromatic carbocycles. The van der Waals surface area contributed by atoms with Crippen molar-refractivity contribution in [2.75, 3.05) is 13.7 Å². The highest BCUT2D eigenvalue weighted by molar-refractivity contribution is 7.89. The van der Waals surface area contributed by atoms with Crippen molar-refractivity contribution in [2.45, 2.75) is 23.8 Å². The highest BCUT2D eigenvalue weighted by Crippen LogP contribution is 2.34. The molecule has 1 fully saturated rings. The fraction of sp³-hybridized carbons (Fsp3) is 0.278. The van der Waals surface area contributed by atoms with E-state index in [-0.39, 0.29) is 30.1 Å². The molecule has 7 heteroatoms. The SMILES string of the molecule is COc1ccc(C2CC(=O)CCN2S(=O)(=O)c2ccc(F)cc2)cc1. The van der Waals surface area contributed by atoms with E-state index in [1.807, 2.05) is 0 Å². The fourth-order valence-electron chi connectivity index (χ4n) is 2.95. The zero-order valence-electron chi connectivity index (χ0n) is 13.7. The number of sulfonamides is 1. The number of carbonyl (C=O) groups excluding carboxylic acids is 1. The van der Waals surface area contributed by atoms with Gasteiger partial charge in [0.25, 0.3) is 0 Å². The summed E-state index contributed by atoms with van der Waals surface area (Å²) >= 11 is 0. The van der Waals surface area contributed by atoms with E-state index in [9.17, 15) is 17.6 Å². The van der Waals surface area contributed by atoms with Crippen molar-refractivity contribution < 1.29 is 22.3 Å². The summed E-state index contributed by atoms with van der Waals surface area (Å²) in [7, 11) is -2.29. The van der Waals surface area contributed by atoms with Gasteiger partial charge in [-0.3, -0.25) is 4.79 Å². The van der Waals surface area contributed by atoms with Crippen molar-refractivity contribution in [3.05, 3.63) is 59.9 Å². The van der Waals surface area contributed by atoms with Crippen LogP contribution in [0.1, 0.15) is 24.4 Å². The minimum atomic E-state index is -3.83. The number of Topliss-reactive ketones (excluding diaryl/α,β-unsaturated/α-hetero) is 1. The minimum Gasteiger partial charge on any atom is -0.497 e. The van der Waals surface area contributed by atoms with Crippen LogP contribution in [0.2, 0.25) is 0 Å². The van der Waals surface area contributed by atoms with E-state index in [1.165, 1.54) is 16.4 Å². The van der Waals surface area contributed by atoms with Crippen molar-refractivity contribution in [3.63, 3.8) is 0 Å². The second-order valence-corrected chi connectivity index (χ2v) is 7.74. The summed E-state index contributed by atoms with van der Waals surface area (Å²) < 4.78 is 45.5. The van der Waals surface area contributed by atoms with Crippen molar-refractivity contribution >= 4 is 15.8 Å². The van der Waals surface area contributed by atoms with Crippen LogP contribution < -0.4 is 4.74 Å². The molecular formula is C18H18FNO4S. The molecule has 0 N–H and O–H groups in total. The van der Waals surface area contributed by atoms with E-state index >= 15 is 0 Å². The van der Waals surface area contributed by atoms with Gasteiger partial charge in [0.15, 0.2) is 0 Å². The third kappa shape index (κ3) is 3.57. The Kier molecular flexibility index (Phi) is 4.87. The van der Waals surface area contributed by atoms with Gasteiger partial charge in [-0.05, 0) is 42.0 Å². The molecular weight excluding hydrogens is 345 g/mol. The average molecular weight is 363 g/mol. The Balaban J connectivity index is 1.98. The van der Waals surface area contributed by atoms with Crippen LogP contribution in [-0.2, 0) is 14.8 Å². The number of hydrogen-bond acceptors (Lipinski definition) is 4. The van der Waals surface area contributed by atoms with E-state index in [2.05, 4.69) is 0 Å². The second kappa shape index (κ2) is 6.93. The van der Waals surface area contributed by atoms with E-state index in [1.54, 1.807) is 31.4 Å². The number of piperidine rings is 1. The molecule has 1 unspecified atom stereocenters. The molecule has 0 radical (unpaired) electrons. The van der Waals surface area contributed by atoms with Crippen LogP contribution in [0.3, 0.4) is 0 Å². The maximum atomic E-state index is 13.1. The third-order valence-corrected chi connectivity index (χ3v) is 6.22. The smallest absolute Gasteiger partial charge is 0.243 e. The fourth-order valence-corrected chi connectivity index (χ4v) is 4.56. The van der Waals surface area contributed by atoms with Gasteiger partial charge < -0.3 is 4.74 Å². The van der Waals surface area contributed by atoms with Crippen LogP contribution in [0, 0.1) is 5.82 Å². The molecule has 3 rings (SSSR count). The van der Waals surface area contributed by atoms with Crippen LogP contribution in [0.5, 0.6) is 5.75 Å². The summed E-state index contributed by atoms with van der Waals surface area (Å²) in [5, 5.41) is 0. The number of benzene rings is 2. The van der Waals surface area contributed by atoms with E-state index < -0.39 is 21.9 Å². The first-order chi connectivity index (χ1) is 11.9. The number of rotatable bonds is 4. The summed E-state index contributed by atoms with van der Waals surface area (Å²) in [6.07, 6.45) is 0.292. The zero-order chi connectivity index (χ0) is 18.0. The van der Waals surface area contributed by atoms with Gasteiger partial charge in [0.05, 0.1) is 18.0 Å². The lowest BCUT2D eigenvalue weighted by Gasteiger charge is -2.34. The number of halogens is 1. The first kappa shape index (κ1) is 17.6. The zero-order valence-corrected chi connectivity index (χ0v) is 14.5. The Hall–Kier alpha value is -2.25. The topological polar surface area (TPSA) is 63.7 Å². The molecule has 0 spiro atoms. The Morgan fingerprint density at radius 3 is 2.32 bits per heavy atom. The Morgan fingerprint density at radius 1 is 1.08 bits per heavy atom. The van der Waals surface area contributed by atoms with Crippen molar-refractivity contribution in [2.24, 2.45) is 0 Å². The largest absolute Gasteiger partial charge is 0.497 e. The first-order valence-electron chi connectivity index (χ1n) is 7.85. The van der Waals surface area contributed by atoms with Gasteiger partial charge in [0.1, 0.15) is 17.3 Å². The molecule has 0 amide bonds. The number of methoxy groups -OCH3 is 1. The maximum absolute atomic E-state index is 13.1. The predicted molar refractivity (Wildman–Crippen MR) is 90.3 cm³/mol. The van der Waals surface area contributed by atoms with Gasteiger partial charge in [-0.25, -0.2) is 12.8 Å². The normalized spacial score (nSPS) is 19.0. The summed E-state index contributed by atoms with van der Waals surface area (Å²) in [5.41, 5.74) is 0.722. The van der Waals surface area contributed by atoms with E-state index in [0.717, 1.165) is 17.7 Å². The molecule has 0 bridgehead atoms. The molecule has 1 saturated heterocycles. The number of carbonyl (C=O) groups is 1. The van der Waals surface area contributed by atoms with Crippen LogP contribution >= 0.6 is 0 Å². The molecule has 1 aliphatic rings. The van der Waals surface area contributed by atoms with Gasteiger partial charge in [0.2, 0.25) is 10.0 Å². The van der Waals surface area contributed by atoms with E-state index in [0.29, 0.717) is 5.75 Å². The maximum Gasteiger partial charge on any atom is 0.243 e. The number of ether oxygens (including phenoxy) is 1. The molecule has 1 atom stereocenters. The molecule has 25 heavy (non-hydrogen) atoms. The highest BCUT2D eigenvalue weighted by Gasteiger charge is 2.37. The van der Waals surface area contributed by atoms with Crippen molar-refractivity contribution in [3.8, 4) is 5.75 Å². The summed E-state index contributed by atoms with van der Waals surface area (Å²) in [4.78, 5) is 11.9. The highest BCUT2D eigenvalue weighted by atomic mass is 32.2. The lowest BCUT2D eigenvalue weighted by Crippen LogP contribution is -2.41. The second-order valence-electron chi connectivity index (χ2n) is 5.85.